The van der Waals surface area contributed by atoms with Gasteiger partial charge in [-0.25, -0.2) is 0 Å². The highest BCUT2D eigenvalue weighted by molar-refractivity contribution is 6.76. The lowest BCUT2D eigenvalue weighted by atomic mass is 10.2. The highest BCUT2D eigenvalue weighted by Gasteiger charge is 2.32. The summed E-state index contributed by atoms with van der Waals surface area (Å²) < 4.78 is 7.90. The molecule has 0 N–H and O–H groups in total. The first kappa shape index (κ1) is 18.7. The summed E-state index contributed by atoms with van der Waals surface area (Å²) in [4.78, 5) is 11.2. The van der Waals surface area contributed by atoms with Crippen molar-refractivity contribution in [2.75, 3.05) is 18.6 Å². The van der Waals surface area contributed by atoms with Crippen LogP contribution >= 0.6 is 11.6 Å². The molecule has 1 saturated carbocycles. The average Bonchev–Trinajstić information content (AvgIpc) is 3.30. The van der Waals surface area contributed by atoms with Crippen LogP contribution in [0.2, 0.25) is 31.0 Å². The van der Waals surface area contributed by atoms with Crippen LogP contribution in [-0.2, 0) is 11.5 Å². The molecule has 1 fully saturated rings. The van der Waals surface area contributed by atoms with E-state index in [1.54, 1.807) is 0 Å². The molecule has 25 heavy (non-hydrogen) atoms. The monoisotopic (exact) mass is 380 g/mol. The quantitative estimate of drug-likeness (QED) is 0.380. The van der Waals surface area contributed by atoms with Gasteiger partial charge in [0.15, 0.2) is 0 Å². The summed E-state index contributed by atoms with van der Waals surface area (Å²) in [5.74, 6) is 1.68. The van der Waals surface area contributed by atoms with Gasteiger partial charge in [-0.3, -0.25) is 0 Å². The molecule has 7 heteroatoms. The Bertz CT molecular complexity index is 738. The topological polar surface area (TPSA) is 43.2 Å². The van der Waals surface area contributed by atoms with Crippen LogP contribution in [0.1, 0.15) is 19.8 Å². The standard InChI is InChI=1S/C18H29ClN4OSi/c1-13(14-6-7-14)22(2)16-15-8-9-23(17(15)21-18(19)20-16)12-24-10-11-25(3,4)5/h8-9,13-14H,6-7,10-12H2,1-5H3/t13-/m0/s1. The second-order valence-corrected chi connectivity index (χ2v) is 14.3. The molecule has 0 spiro atoms. The van der Waals surface area contributed by atoms with Crippen molar-refractivity contribution in [2.45, 2.75) is 58.2 Å². The summed E-state index contributed by atoms with van der Waals surface area (Å²) >= 11 is 6.22. The molecule has 138 valence electrons. The molecule has 5 nitrogen and oxygen atoms in total. The third-order valence-electron chi connectivity index (χ3n) is 5.05. The zero-order valence-corrected chi connectivity index (χ0v) is 17.7. The van der Waals surface area contributed by atoms with E-state index in [-0.39, 0.29) is 0 Å². The number of nitrogens with zero attached hydrogens (tertiary/aromatic N) is 4. The number of fused-ring (bicyclic) bond motifs is 1. The zero-order chi connectivity index (χ0) is 18.2. The fourth-order valence-electron chi connectivity index (χ4n) is 3.03. The van der Waals surface area contributed by atoms with Crippen molar-refractivity contribution in [3.63, 3.8) is 0 Å². The van der Waals surface area contributed by atoms with Gasteiger partial charge in [-0.1, -0.05) is 19.6 Å². The third kappa shape index (κ3) is 4.54. The van der Waals surface area contributed by atoms with E-state index in [2.05, 4.69) is 54.5 Å². The van der Waals surface area contributed by atoms with Gasteiger partial charge < -0.3 is 14.2 Å². The first-order valence-electron chi connectivity index (χ1n) is 9.09. The predicted molar refractivity (Wildman–Crippen MR) is 107 cm³/mol. The number of ether oxygens (including phenoxy) is 1. The zero-order valence-electron chi connectivity index (χ0n) is 15.9. The van der Waals surface area contributed by atoms with Crippen LogP contribution in [0.3, 0.4) is 0 Å². The lowest BCUT2D eigenvalue weighted by Gasteiger charge is -2.26. The summed E-state index contributed by atoms with van der Waals surface area (Å²) in [5.41, 5.74) is 0.845. The Kier molecular flexibility index (Phi) is 5.41. The molecule has 0 saturated heterocycles. The first-order chi connectivity index (χ1) is 11.8. The van der Waals surface area contributed by atoms with Gasteiger partial charge in [-0.05, 0) is 49.4 Å². The smallest absolute Gasteiger partial charge is 0.226 e. The van der Waals surface area contributed by atoms with E-state index >= 15 is 0 Å². The Morgan fingerprint density at radius 3 is 2.72 bits per heavy atom. The van der Waals surface area contributed by atoms with Crippen LogP contribution in [0.4, 0.5) is 5.82 Å². The number of hydrogen-bond donors (Lipinski definition) is 0. The number of halogens is 1. The predicted octanol–water partition coefficient (Wildman–Crippen LogP) is 4.63. The average molecular weight is 381 g/mol. The molecule has 0 bridgehead atoms. The van der Waals surface area contributed by atoms with Gasteiger partial charge in [0.1, 0.15) is 18.2 Å². The highest BCUT2D eigenvalue weighted by Crippen LogP contribution is 2.37. The van der Waals surface area contributed by atoms with Gasteiger partial charge in [0.25, 0.3) is 0 Å². The van der Waals surface area contributed by atoms with E-state index in [0.717, 1.165) is 35.4 Å². The number of anilines is 1. The maximum absolute atomic E-state index is 6.22. The Labute approximate surface area is 156 Å². The lowest BCUT2D eigenvalue weighted by Crippen LogP contribution is -2.31. The number of hydrogen-bond acceptors (Lipinski definition) is 4. The SMILES string of the molecule is C[C@@H](C1CC1)N(C)c1nc(Cl)nc2c1ccn2COCC[Si](C)(C)C. The molecule has 3 rings (SSSR count). The molecule has 1 aliphatic carbocycles. The minimum absolute atomic E-state index is 0.291. The lowest BCUT2D eigenvalue weighted by molar-refractivity contribution is 0.0899. The molecule has 0 aromatic carbocycles. The van der Waals surface area contributed by atoms with Crippen molar-refractivity contribution in [1.29, 1.82) is 0 Å². The van der Waals surface area contributed by atoms with Crippen molar-refractivity contribution < 1.29 is 4.74 Å². The molecule has 0 amide bonds. The largest absolute Gasteiger partial charge is 0.361 e. The van der Waals surface area contributed by atoms with E-state index in [4.69, 9.17) is 16.3 Å². The van der Waals surface area contributed by atoms with Gasteiger partial charge in [0.05, 0.1) is 5.39 Å². The van der Waals surface area contributed by atoms with E-state index < -0.39 is 8.07 Å². The van der Waals surface area contributed by atoms with E-state index in [9.17, 15) is 0 Å². The Morgan fingerprint density at radius 1 is 1.36 bits per heavy atom. The summed E-state index contributed by atoms with van der Waals surface area (Å²) in [6.07, 6.45) is 4.63. The van der Waals surface area contributed by atoms with Crippen molar-refractivity contribution in [3.8, 4) is 0 Å². The van der Waals surface area contributed by atoms with Crippen molar-refractivity contribution in [1.82, 2.24) is 14.5 Å². The van der Waals surface area contributed by atoms with Gasteiger partial charge in [0, 0.05) is 34.0 Å². The van der Waals surface area contributed by atoms with Crippen LogP contribution in [0.15, 0.2) is 12.3 Å². The van der Waals surface area contributed by atoms with Crippen LogP contribution in [0, 0.1) is 5.92 Å². The molecule has 2 aromatic rings. The molecule has 1 atom stereocenters. The molecule has 2 heterocycles. The van der Waals surface area contributed by atoms with E-state index in [0.29, 0.717) is 18.1 Å². The molecule has 0 unspecified atom stereocenters. The Morgan fingerprint density at radius 2 is 2.08 bits per heavy atom. The Balaban J connectivity index is 1.78. The number of aromatic nitrogens is 3. The summed E-state index contributed by atoms with van der Waals surface area (Å²) in [6.45, 7) is 10.6. The summed E-state index contributed by atoms with van der Waals surface area (Å²) in [6, 6.07) is 3.69. The second-order valence-electron chi connectivity index (χ2n) is 8.38. The van der Waals surface area contributed by atoms with Crippen LogP contribution in [0.25, 0.3) is 11.0 Å². The second kappa shape index (κ2) is 7.25. The van der Waals surface area contributed by atoms with Crippen molar-refractivity contribution >= 4 is 36.5 Å². The highest BCUT2D eigenvalue weighted by atomic mass is 35.5. The first-order valence-corrected chi connectivity index (χ1v) is 13.2. The fourth-order valence-corrected chi connectivity index (χ4v) is 3.94. The van der Waals surface area contributed by atoms with E-state index in [1.165, 1.54) is 12.8 Å². The fraction of sp³-hybridized carbons (Fsp3) is 0.667. The molecular formula is C18H29ClN4OSi. The van der Waals surface area contributed by atoms with Crippen molar-refractivity contribution in [2.24, 2.45) is 5.92 Å². The molecular weight excluding hydrogens is 352 g/mol. The maximum Gasteiger partial charge on any atom is 0.226 e. The molecule has 0 radical (unpaired) electrons. The summed E-state index contributed by atoms with van der Waals surface area (Å²) in [5, 5.41) is 1.33. The van der Waals surface area contributed by atoms with Crippen LogP contribution < -0.4 is 4.90 Å². The minimum Gasteiger partial charge on any atom is -0.361 e. The molecule has 0 aliphatic heterocycles. The van der Waals surface area contributed by atoms with Crippen LogP contribution in [-0.4, -0.2) is 42.3 Å². The third-order valence-corrected chi connectivity index (χ3v) is 6.92. The summed E-state index contributed by atoms with van der Waals surface area (Å²) in [7, 11) is 1.03. The van der Waals surface area contributed by atoms with E-state index in [1.807, 2.05) is 10.8 Å². The van der Waals surface area contributed by atoms with Crippen LogP contribution in [0.5, 0.6) is 0 Å². The van der Waals surface area contributed by atoms with Gasteiger partial charge in [-0.2, -0.15) is 9.97 Å². The maximum atomic E-state index is 6.22. The minimum atomic E-state index is -1.07. The van der Waals surface area contributed by atoms with Gasteiger partial charge in [0.2, 0.25) is 5.28 Å². The molecule has 2 aromatic heterocycles. The number of rotatable bonds is 8. The van der Waals surface area contributed by atoms with Gasteiger partial charge >= 0.3 is 0 Å². The Hall–Kier alpha value is -1.11. The molecule has 1 aliphatic rings. The van der Waals surface area contributed by atoms with Crippen molar-refractivity contribution in [3.05, 3.63) is 17.5 Å². The normalized spacial score (nSPS) is 16.4. The van der Waals surface area contributed by atoms with Gasteiger partial charge in [-0.15, -0.1) is 0 Å².